The van der Waals surface area contributed by atoms with Gasteiger partial charge in [0.05, 0.1) is 18.9 Å². The maximum absolute atomic E-state index is 5.38. The van der Waals surface area contributed by atoms with Crippen LogP contribution in [-0.4, -0.2) is 28.0 Å². The Labute approximate surface area is 135 Å². The Morgan fingerprint density at radius 2 is 2.04 bits per heavy atom. The van der Waals surface area contributed by atoms with Gasteiger partial charge in [0.25, 0.3) is 0 Å². The molecule has 6 nitrogen and oxygen atoms in total. The van der Waals surface area contributed by atoms with Gasteiger partial charge in [-0.1, -0.05) is 0 Å². The molecule has 4 rings (SSSR count). The van der Waals surface area contributed by atoms with Gasteiger partial charge >= 0.3 is 0 Å². The van der Waals surface area contributed by atoms with Crippen LogP contribution < -0.4 is 10.2 Å². The van der Waals surface area contributed by atoms with Crippen molar-refractivity contribution in [3.8, 4) is 0 Å². The number of aromatic nitrogens is 3. The number of nitrogens with one attached hydrogen (secondary N) is 1. The Morgan fingerprint density at radius 3 is 2.91 bits per heavy atom. The molecule has 1 N–H and O–H groups in total. The Kier molecular flexibility index (Phi) is 3.83. The molecular weight excluding hydrogens is 290 g/mol. The van der Waals surface area contributed by atoms with Gasteiger partial charge in [0.1, 0.15) is 5.82 Å². The molecule has 0 atom stereocenters. The average molecular weight is 311 g/mol. The third kappa shape index (κ3) is 3.12. The average Bonchev–Trinajstić information content (AvgIpc) is 3.23. The van der Waals surface area contributed by atoms with Crippen LogP contribution in [0.3, 0.4) is 0 Å². The number of aryl methyl sites for hydroxylation is 1. The highest BCUT2D eigenvalue weighted by atomic mass is 16.5. The van der Waals surface area contributed by atoms with E-state index in [1.165, 1.54) is 18.4 Å². The van der Waals surface area contributed by atoms with Crippen molar-refractivity contribution in [2.24, 2.45) is 0 Å². The fraction of sp³-hybridized carbons (Fsp3) is 0.471. The lowest BCUT2D eigenvalue weighted by Gasteiger charge is -2.18. The molecule has 1 fully saturated rings. The van der Waals surface area contributed by atoms with Crippen molar-refractivity contribution in [2.45, 2.75) is 39.5 Å². The molecule has 2 aliphatic rings. The van der Waals surface area contributed by atoms with E-state index < -0.39 is 0 Å². The van der Waals surface area contributed by atoms with Crippen LogP contribution in [0.2, 0.25) is 0 Å². The summed E-state index contributed by atoms with van der Waals surface area (Å²) in [6.07, 6.45) is 4.37. The lowest BCUT2D eigenvalue weighted by molar-refractivity contribution is 0.133. The number of rotatable bonds is 4. The Balaban J connectivity index is 1.48. The second-order valence-electron chi connectivity index (χ2n) is 6.18. The summed E-state index contributed by atoms with van der Waals surface area (Å²) in [7, 11) is 0. The molecular formula is C17H21N5O. The van der Waals surface area contributed by atoms with E-state index in [2.05, 4.69) is 37.3 Å². The van der Waals surface area contributed by atoms with Crippen molar-refractivity contribution >= 4 is 11.8 Å². The number of pyridine rings is 1. The fourth-order valence-electron chi connectivity index (χ4n) is 3.14. The lowest BCUT2D eigenvalue weighted by atomic mass is 10.2. The summed E-state index contributed by atoms with van der Waals surface area (Å²) in [6.45, 7) is 6.17. The first-order chi connectivity index (χ1) is 11.3. The molecule has 120 valence electrons. The van der Waals surface area contributed by atoms with Crippen molar-refractivity contribution < 1.29 is 4.74 Å². The second-order valence-corrected chi connectivity index (χ2v) is 6.18. The van der Waals surface area contributed by atoms with E-state index in [-0.39, 0.29) is 0 Å². The van der Waals surface area contributed by atoms with Crippen molar-refractivity contribution in [3.05, 3.63) is 40.8 Å². The zero-order valence-corrected chi connectivity index (χ0v) is 13.4. The minimum absolute atomic E-state index is 0.583. The van der Waals surface area contributed by atoms with E-state index in [1.54, 1.807) is 0 Å². The quantitative estimate of drug-likeness (QED) is 0.935. The van der Waals surface area contributed by atoms with E-state index in [1.807, 2.05) is 13.1 Å². The summed E-state index contributed by atoms with van der Waals surface area (Å²) >= 11 is 0. The molecule has 2 aliphatic heterocycles. The van der Waals surface area contributed by atoms with E-state index in [0.29, 0.717) is 25.7 Å². The van der Waals surface area contributed by atoms with Crippen LogP contribution in [0, 0.1) is 6.92 Å². The monoisotopic (exact) mass is 311 g/mol. The predicted octanol–water partition coefficient (Wildman–Crippen LogP) is 2.42. The minimum atomic E-state index is 0.583. The number of anilines is 2. The third-order valence-electron chi connectivity index (χ3n) is 4.33. The van der Waals surface area contributed by atoms with Crippen molar-refractivity contribution in [1.29, 1.82) is 0 Å². The SMILES string of the molecule is Cc1cc(CNc2ncc3c(n2)COC3)cc(N2CCCC2)n1. The predicted molar refractivity (Wildman–Crippen MR) is 88.3 cm³/mol. The Bertz CT molecular complexity index is 712. The van der Waals surface area contributed by atoms with Gasteiger partial charge in [-0.2, -0.15) is 0 Å². The molecule has 1 saturated heterocycles. The summed E-state index contributed by atoms with van der Waals surface area (Å²) in [5.41, 5.74) is 4.34. The summed E-state index contributed by atoms with van der Waals surface area (Å²) in [5, 5.41) is 3.31. The maximum Gasteiger partial charge on any atom is 0.223 e. The summed E-state index contributed by atoms with van der Waals surface area (Å²) < 4.78 is 5.38. The summed E-state index contributed by atoms with van der Waals surface area (Å²) in [6, 6.07) is 4.28. The van der Waals surface area contributed by atoms with Crippen LogP contribution in [0.4, 0.5) is 11.8 Å². The topological polar surface area (TPSA) is 63.2 Å². The van der Waals surface area contributed by atoms with Crippen LogP contribution >= 0.6 is 0 Å². The molecule has 6 heteroatoms. The summed E-state index contributed by atoms with van der Waals surface area (Å²) in [4.78, 5) is 15.9. The van der Waals surface area contributed by atoms with Gasteiger partial charge in [-0.3, -0.25) is 0 Å². The van der Waals surface area contributed by atoms with Gasteiger partial charge in [0.2, 0.25) is 5.95 Å². The number of hydrogen-bond acceptors (Lipinski definition) is 6. The number of nitrogens with zero attached hydrogens (tertiary/aromatic N) is 4. The molecule has 0 spiro atoms. The van der Waals surface area contributed by atoms with E-state index >= 15 is 0 Å². The minimum Gasteiger partial charge on any atom is -0.370 e. The molecule has 0 aliphatic carbocycles. The third-order valence-corrected chi connectivity index (χ3v) is 4.33. The van der Waals surface area contributed by atoms with Crippen molar-refractivity contribution in [2.75, 3.05) is 23.3 Å². The number of fused-ring (bicyclic) bond motifs is 1. The Morgan fingerprint density at radius 1 is 1.17 bits per heavy atom. The highest BCUT2D eigenvalue weighted by Crippen LogP contribution is 2.21. The van der Waals surface area contributed by atoms with Gasteiger partial charge in [0.15, 0.2) is 0 Å². The van der Waals surface area contributed by atoms with Crippen LogP contribution in [0.1, 0.15) is 35.4 Å². The molecule has 0 amide bonds. The molecule has 2 aromatic rings. The van der Waals surface area contributed by atoms with E-state index in [4.69, 9.17) is 4.74 Å². The maximum atomic E-state index is 5.38. The highest BCUT2D eigenvalue weighted by molar-refractivity contribution is 5.44. The molecule has 0 bridgehead atoms. The molecule has 0 unspecified atom stereocenters. The standard InChI is InChI=1S/C17H21N5O/c1-12-6-13(7-16(20-12)22-4-2-3-5-22)8-18-17-19-9-14-10-23-11-15(14)21-17/h6-7,9H,2-5,8,10-11H2,1H3,(H,18,19,21). The normalized spacial score (nSPS) is 16.7. The highest BCUT2D eigenvalue weighted by Gasteiger charge is 2.15. The molecule has 0 radical (unpaired) electrons. The van der Waals surface area contributed by atoms with Crippen LogP contribution in [0.25, 0.3) is 0 Å². The fourth-order valence-corrected chi connectivity index (χ4v) is 3.14. The van der Waals surface area contributed by atoms with Crippen molar-refractivity contribution in [3.63, 3.8) is 0 Å². The van der Waals surface area contributed by atoms with Crippen molar-refractivity contribution in [1.82, 2.24) is 15.0 Å². The lowest BCUT2D eigenvalue weighted by Crippen LogP contribution is -2.19. The van der Waals surface area contributed by atoms with Gasteiger partial charge in [0, 0.05) is 37.1 Å². The largest absolute Gasteiger partial charge is 0.370 e. The van der Waals surface area contributed by atoms with E-state index in [9.17, 15) is 0 Å². The number of ether oxygens (including phenoxy) is 1. The second kappa shape index (κ2) is 6.12. The number of hydrogen-bond donors (Lipinski definition) is 1. The van der Waals surface area contributed by atoms with E-state index in [0.717, 1.165) is 35.9 Å². The van der Waals surface area contributed by atoms with Gasteiger partial charge in [-0.25, -0.2) is 15.0 Å². The zero-order valence-electron chi connectivity index (χ0n) is 13.4. The molecule has 23 heavy (non-hydrogen) atoms. The molecule has 2 aromatic heterocycles. The van der Waals surface area contributed by atoms with Crippen LogP contribution in [0.15, 0.2) is 18.3 Å². The van der Waals surface area contributed by atoms with Gasteiger partial charge < -0.3 is 15.0 Å². The molecule has 0 aromatic carbocycles. The Hall–Kier alpha value is -2.21. The van der Waals surface area contributed by atoms with Gasteiger partial charge in [-0.15, -0.1) is 0 Å². The zero-order chi connectivity index (χ0) is 15.6. The van der Waals surface area contributed by atoms with Crippen LogP contribution in [0.5, 0.6) is 0 Å². The molecule has 4 heterocycles. The smallest absolute Gasteiger partial charge is 0.223 e. The molecule has 0 saturated carbocycles. The first-order valence-electron chi connectivity index (χ1n) is 8.17. The van der Waals surface area contributed by atoms with Crippen LogP contribution in [-0.2, 0) is 24.5 Å². The van der Waals surface area contributed by atoms with Gasteiger partial charge in [-0.05, 0) is 37.5 Å². The first-order valence-corrected chi connectivity index (χ1v) is 8.17. The first kappa shape index (κ1) is 14.4. The summed E-state index contributed by atoms with van der Waals surface area (Å²) in [5.74, 6) is 1.74.